The first-order chi connectivity index (χ1) is 6.26. The van der Waals surface area contributed by atoms with Crippen molar-refractivity contribution in [3.63, 3.8) is 0 Å². The zero-order valence-corrected chi connectivity index (χ0v) is 7.28. The second kappa shape index (κ2) is 4.35. The number of amides is 1. The van der Waals surface area contributed by atoms with E-state index in [4.69, 9.17) is 0 Å². The Kier molecular flexibility index (Phi) is 3.14. The fraction of sp³-hybridized carbons (Fsp3) is 0.222. The molecule has 1 aliphatic carbocycles. The molecule has 4 nitrogen and oxygen atoms in total. The van der Waals surface area contributed by atoms with Gasteiger partial charge in [0, 0.05) is 13.1 Å². The molecule has 1 aliphatic rings. The highest BCUT2D eigenvalue weighted by Gasteiger charge is 2.03. The molecule has 0 saturated carbocycles. The van der Waals surface area contributed by atoms with Crippen molar-refractivity contribution < 1.29 is 4.79 Å². The molecule has 0 fully saturated rings. The third-order valence-electron chi connectivity index (χ3n) is 1.64. The average Bonchev–Trinajstić information content (AvgIpc) is 2.18. The lowest BCUT2D eigenvalue weighted by atomic mass is 10.1. The van der Waals surface area contributed by atoms with E-state index in [-0.39, 0.29) is 5.91 Å². The number of nitroso groups, excluding NO2 is 1. The first-order valence-corrected chi connectivity index (χ1v) is 3.90. The molecule has 1 amide bonds. The number of likely N-dealkylation sites (N-methyl/N-ethyl adjacent to an activating group) is 1. The van der Waals surface area contributed by atoms with Crippen molar-refractivity contribution in [3.8, 4) is 0 Å². The zero-order chi connectivity index (χ0) is 9.68. The highest BCUT2D eigenvalue weighted by Crippen LogP contribution is 2.15. The minimum atomic E-state index is -0.174. The van der Waals surface area contributed by atoms with Gasteiger partial charge in [-0.1, -0.05) is 6.08 Å². The van der Waals surface area contributed by atoms with Crippen molar-refractivity contribution in [3.05, 3.63) is 40.5 Å². The van der Waals surface area contributed by atoms with Crippen LogP contribution in [0.15, 0.2) is 40.8 Å². The average molecular weight is 178 g/mol. The predicted molar refractivity (Wildman–Crippen MR) is 49.8 cm³/mol. The van der Waals surface area contributed by atoms with Crippen LogP contribution in [-0.2, 0) is 4.79 Å². The van der Waals surface area contributed by atoms with Gasteiger partial charge in [0.1, 0.15) is 5.70 Å². The molecule has 4 heteroatoms. The van der Waals surface area contributed by atoms with Gasteiger partial charge in [0.15, 0.2) is 0 Å². The molecule has 0 aliphatic heterocycles. The first kappa shape index (κ1) is 9.38. The van der Waals surface area contributed by atoms with Gasteiger partial charge < -0.3 is 5.32 Å². The molecular weight excluding hydrogens is 168 g/mol. The Labute approximate surface area is 76.0 Å². The van der Waals surface area contributed by atoms with Gasteiger partial charge in [-0.25, -0.2) is 0 Å². The molecule has 0 saturated heterocycles. The van der Waals surface area contributed by atoms with Crippen LogP contribution in [0.5, 0.6) is 0 Å². The van der Waals surface area contributed by atoms with Crippen molar-refractivity contribution in [1.82, 2.24) is 5.32 Å². The second-order valence-corrected chi connectivity index (χ2v) is 2.60. The highest BCUT2D eigenvalue weighted by atomic mass is 16.3. The lowest BCUT2D eigenvalue weighted by molar-refractivity contribution is -0.116. The van der Waals surface area contributed by atoms with Crippen molar-refractivity contribution in [1.29, 1.82) is 0 Å². The topological polar surface area (TPSA) is 58.5 Å². The van der Waals surface area contributed by atoms with E-state index < -0.39 is 0 Å². The van der Waals surface area contributed by atoms with Crippen LogP contribution in [0.4, 0.5) is 0 Å². The molecule has 0 atom stereocenters. The summed E-state index contributed by atoms with van der Waals surface area (Å²) in [5, 5.41) is 5.25. The van der Waals surface area contributed by atoms with Crippen LogP contribution in [0.3, 0.4) is 0 Å². The maximum atomic E-state index is 10.9. The van der Waals surface area contributed by atoms with Crippen molar-refractivity contribution in [2.24, 2.45) is 5.18 Å². The van der Waals surface area contributed by atoms with E-state index in [2.05, 4.69) is 10.5 Å². The molecule has 0 unspecified atom stereocenters. The lowest BCUT2D eigenvalue weighted by Gasteiger charge is -2.03. The Hall–Kier alpha value is -1.71. The van der Waals surface area contributed by atoms with E-state index in [0.29, 0.717) is 12.1 Å². The van der Waals surface area contributed by atoms with Crippen LogP contribution < -0.4 is 5.32 Å². The third-order valence-corrected chi connectivity index (χ3v) is 1.64. The number of hydrogen-bond acceptors (Lipinski definition) is 3. The summed E-state index contributed by atoms with van der Waals surface area (Å²) in [5.74, 6) is -0.174. The Balaban J connectivity index is 2.79. The van der Waals surface area contributed by atoms with Gasteiger partial charge in [-0.05, 0) is 29.3 Å². The standard InChI is InChI=1S/C9H10N2O2/c1-10-9(12)6-7-3-2-4-8(5-7)11-13/h2,4-6H,3H2,1H3,(H,10,12). The Morgan fingerprint density at radius 2 is 2.46 bits per heavy atom. The molecule has 0 radical (unpaired) electrons. The third kappa shape index (κ3) is 2.66. The van der Waals surface area contributed by atoms with E-state index in [1.54, 1.807) is 25.3 Å². The van der Waals surface area contributed by atoms with Crippen molar-refractivity contribution in [2.75, 3.05) is 7.05 Å². The second-order valence-electron chi connectivity index (χ2n) is 2.60. The van der Waals surface area contributed by atoms with Crippen LogP contribution in [0.25, 0.3) is 0 Å². The Morgan fingerprint density at radius 1 is 1.69 bits per heavy atom. The van der Waals surface area contributed by atoms with Gasteiger partial charge in [0.25, 0.3) is 0 Å². The van der Waals surface area contributed by atoms with Gasteiger partial charge in [-0.2, -0.15) is 0 Å². The van der Waals surface area contributed by atoms with E-state index in [9.17, 15) is 9.70 Å². The number of hydrogen-bond donors (Lipinski definition) is 1. The fourth-order valence-corrected chi connectivity index (χ4v) is 1.01. The number of carbonyl (C=O) groups is 1. The molecular formula is C9H10N2O2. The molecule has 68 valence electrons. The maximum absolute atomic E-state index is 10.9. The van der Waals surface area contributed by atoms with Crippen LogP contribution >= 0.6 is 0 Å². The molecule has 0 spiro atoms. The largest absolute Gasteiger partial charge is 0.356 e. The summed E-state index contributed by atoms with van der Waals surface area (Å²) in [6.07, 6.45) is 7.14. The molecule has 0 aromatic rings. The van der Waals surface area contributed by atoms with Gasteiger partial charge >= 0.3 is 0 Å². The number of rotatable bonds is 2. The van der Waals surface area contributed by atoms with Crippen molar-refractivity contribution in [2.45, 2.75) is 6.42 Å². The molecule has 0 aromatic heterocycles. The van der Waals surface area contributed by atoms with Crippen LogP contribution in [0, 0.1) is 4.91 Å². The van der Waals surface area contributed by atoms with Crippen LogP contribution in [-0.4, -0.2) is 13.0 Å². The van der Waals surface area contributed by atoms with Gasteiger partial charge in [-0.15, -0.1) is 4.91 Å². The van der Waals surface area contributed by atoms with Crippen LogP contribution in [0.1, 0.15) is 6.42 Å². The Bertz CT molecular complexity index is 314. The molecule has 1 N–H and O–H groups in total. The van der Waals surface area contributed by atoms with Gasteiger partial charge in [-0.3, -0.25) is 4.79 Å². The summed E-state index contributed by atoms with van der Waals surface area (Å²) in [6, 6.07) is 0. The zero-order valence-electron chi connectivity index (χ0n) is 7.28. The number of nitrogens with one attached hydrogen (secondary N) is 1. The SMILES string of the molecule is CNC(=O)C=C1C=C(N=O)C=CC1. The lowest BCUT2D eigenvalue weighted by Crippen LogP contribution is -2.15. The number of nitrogens with zero attached hydrogens (tertiary/aromatic N) is 1. The van der Waals surface area contributed by atoms with E-state index in [0.717, 1.165) is 5.57 Å². The minimum Gasteiger partial charge on any atom is -0.356 e. The molecule has 0 aromatic carbocycles. The summed E-state index contributed by atoms with van der Waals surface area (Å²) in [7, 11) is 1.56. The van der Waals surface area contributed by atoms with E-state index in [1.165, 1.54) is 6.08 Å². The summed E-state index contributed by atoms with van der Waals surface area (Å²) in [5.41, 5.74) is 1.14. The molecule has 0 bridgehead atoms. The quantitative estimate of drug-likeness (QED) is 0.511. The smallest absolute Gasteiger partial charge is 0.244 e. The summed E-state index contributed by atoms with van der Waals surface area (Å²) in [6.45, 7) is 0. The van der Waals surface area contributed by atoms with E-state index >= 15 is 0 Å². The summed E-state index contributed by atoms with van der Waals surface area (Å²) >= 11 is 0. The maximum Gasteiger partial charge on any atom is 0.244 e. The normalized spacial score (nSPS) is 18.2. The van der Waals surface area contributed by atoms with Gasteiger partial charge in [0.05, 0.1) is 0 Å². The Morgan fingerprint density at radius 3 is 3.08 bits per heavy atom. The molecule has 1 rings (SSSR count). The monoisotopic (exact) mass is 178 g/mol. The summed E-state index contributed by atoms with van der Waals surface area (Å²) < 4.78 is 0. The number of carbonyl (C=O) groups excluding carboxylic acids is 1. The fourth-order valence-electron chi connectivity index (χ4n) is 1.01. The molecule has 0 heterocycles. The predicted octanol–water partition coefficient (Wildman–Crippen LogP) is 1.27. The van der Waals surface area contributed by atoms with Crippen LogP contribution in [0.2, 0.25) is 0 Å². The minimum absolute atomic E-state index is 0.174. The number of allylic oxidation sites excluding steroid dienone is 4. The first-order valence-electron chi connectivity index (χ1n) is 3.90. The highest BCUT2D eigenvalue weighted by molar-refractivity contribution is 5.88. The molecule has 13 heavy (non-hydrogen) atoms. The summed E-state index contributed by atoms with van der Waals surface area (Å²) in [4.78, 5) is 21.1. The van der Waals surface area contributed by atoms with E-state index in [1.807, 2.05) is 0 Å². The van der Waals surface area contributed by atoms with Crippen molar-refractivity contribution >= 4 is 5.91 Å². The van der Waals surface area contributed by atoms with Gasteiger partial charge in [0.2, 0.25) is 5.91 Å².